The minimum absolute atomic E-state index is 0.0169. The number of nitrogens with one attached hydrogen (secondary N) is 3. The summed E-state index contributed by atoms with van der Waals surface area (Å²) in [7, 11) is 0. The molecule has 1 aromatic carbocycles. The normalized spacial score (nSPS) is 14.6. The number of ether oxygens (including phenoxy) is 1. The van der Waals surface area contributed by atoms with Gasteiger partial charge >= 0.3 is 6.09 Å². The maximum atomic E-state index is 12.4. The van der Waals surface area contributed by atoms with E-state index >= 15 is 0 Å². The van der Waals surface area contributed by atoms with Crippen LogP contribution in [-0.2, 0) is 6.54 Å². The fourth-order valence-corrected chi connectivity index (χ4v) is 4.13. The number of amides is 2. The molecule has 172 valence electrons. The minimum Gasteiger partial charge on any atom is -0.388 e. The summed E-state index contributed by atoms with van der Waals surface area (Å²) >= 11 is 9.37. The van der Waals surface area contributed by atoms with Gasteiger partial charge in [-0.1, -0.05) is 23.7 Å². The van der Waals surface area contributed by atoms with Crippen molar-refractivity contribution in [2.24, 2.45) is 0 Å². The molecular formula is C22H22BrClN6O3. The van der Waals surface area contributed by atoms with Crippen LogP contribution in [0.3, 0.4) is 0 Å². The van der Waals surface area contributed by atoms with Crippen LogP contribution >= 0.6 is 27.5 Å². The van der Waals surface area contributed by atoms with Crippen LogP contribution in [-0.4, -0.2) is 51.2 Å². The van der Waals surface area contributed by atoms with Crippen LogP contribution in [0.5, 0.6) is 5.88 Å². The Hall–Kier alpha value is -2.95. The SMILES string of the molecule is O=C(NC1CCN(Cc2ccncc2)CC1)Oc1n[nH]c(NC(=O)c2ccccc2Cl)c1Br. The number of benzene rings is 1. The highest BCUT2D eigenvalue weighted by molar-refractivity contribution is 9.10. The van der Waals surface area contributed by atoms with Gasteiger partial charge < -0.3 is 15.4 Å². The summed E-state index contributed by atoms with van der Waals surface area (Å²) in [5.41, 5.74) is 1.53. The van der Waals surface area contributed by atoms with Gasteiger partial charge in [0.2, 0.25) is 0 Å². The zero-order chi connectivity index (χ0) is 23.2. The smallest absolute Gasteiger partial charge is 0.388 e. The van der Waals surface area contributed by atoms with Crippen LogP contribution in [0.1, 0.15) is 28.8 Å². The van der Waals surface area contributed by atoms with E-state index in [4.69, 9.17) is 16.3 Å². The van der Waals surface area contributed by atoms with Crippen molar-refractivity contribution in [3.05, 3.63) is 69.4 Å². The van der Waals surface area contributed by atoms with Crippen molar-refractivity contribution < 1.29 is 14.3 Å². The van der Waals surface area contributed by atoms with Gasteiger partial charge in [-0.05, 0) is 58.6 Å². The lowest BCUT2D eigenvalue weighted by Crippen LogP contribution is -2.45. The van der Waals surface area contributed by atoms with Crippen molar-refractivity contribution in [3.8, 4) is 5.88 Å². The molecule has 0 atom stereocenters. The standard InChI is InChI=1S/C22H22BrClN6O3/c23-18-19(27-20(31)16-3-1-2-4-17(16)24)28-29-21(18)33-22(32)26-15-7-11-30(12-8-15)13-14-5-9-25-10-6-14/h1-6,9-10,15H,7-8,11-13H2,(H,26,32)(H2,27,28,29,31). The van der Waals surface area contributed by atoms with Crippen molar-refractivity contribution >= 4 is 45.3 Å². The molecule has 0 saturated carbocycles. The molecule has 2 aromatic heterocycles. The van der Waals surface area contributed by atoms with Crippen molar-refractivity contribution in [2.75, 3.05) is 18.4 Å². The molecule has 3 heterocycles. The zero-order valence-corrected chi connectivity index (χ0v) is 19.9. The maximum absolute atomic E-state index is 12.4. The van der Waals surface area contributed by atoms with Crippen LogP contribution in [0.2, 0.25) is 5.02 Å². The second-order valence-corrected chi connectivity index (χ2v) is 8.79. The van der Waals surface area contributed by atoms with Gasteiger partial charge in [-0.25, -0.2) is 4.79 Å². The Labute approximate surface area is 204 Å². The molecule has 0 radical (unpaired) electrons. The molecule has 0 bridgehead atoms. The average molecular weight is 534 g/mol. The molecule has 0 aliphatic carbocycles. The lowest BCUT2D eigenvalue weighted by molar-refractivity contribution is 0.102. The van der Waals surface area contributed by atoms with Crippen LogP contribution < -0.4 is 15.4 Å². The summed E-state index contributed by atoms with van der Waals surface area (Å²) in [5, 5.41) is 12.5. The predicted octanol–water partition coefficient (Wildman–Crippen LogP) is 4.23. The van der Waals surface area contributed by atoms with E-state index in [0.717, 1.165) is 32.5 Å². The molecule has 1 aliphatic rings. The first-order valence-electron chi connectivity index (χ1n) is 10.4. The summed E-state index contributed by atoms with van der Waals surface area (Å²) in [4.78, 5) is 31.2. The van der Waals surface area contributed by atoms with Crippen molar-refractivity contribution in [1.29, 1.82) is 0 Å². The molecule has 9 nitrogen and oxygen atoms in total. The molecular weight excluding hydrogens is 512 g/mol. The van der Waals surface area contributed by atoms with Gasteiger partial charge in [-0.15, -0.1) is 5.10 Å². The summed E-state index contributed by atoms with van der Waals surface area (Å²) in [6, 6.07) is 10.7. The Bertz CT molecular complexity index is 1120. The van der Waals surface area contributed by atoms with E-state index in [9.17, 15) is 9.59 Å². The summed E-state index contributed by atoms with van der Waals surface area (Å²) in [5.74, 6) is -0.135. The summed E-state index contributed by atoms with van der Waals surface area (Å²) < 4.78 is 5.65. The van der Waals surface area contributed by atoms with Crippen LogP contribution in [0.25, 0.3) is 0 Å². The minimum atomic E-state index is -0.598. The lowest BCUT2D eigenvalue weighted by atomic mass is 10.0. The Morgan fingerprint density at radius 1 is 1.18 bits per heavy atom. The number of hydrogen-bond acceptors (Lipinski definition) is 6. The quantitative estimate of drug-likeness (QED) is 0.437. The molecule has 0 unspecified atom stereocenters. The van der Waals surface area contributed by atoms with Crippen LogP contribution in [0.4, 0.5) is 10.6 Å². The number of carbonyl (C=O) groups excluding carboxylic acids is 2. The predicted molar refractivity (Wildman–Crippen MR) is 127 cm³/mol. The summed E-state index contributed by atoms with van der Waals surface area (Å²) in [6.45, 7) is 2.61. The topological polar surface area (TPSA) is 112 Å². The summed E-state index contributed by atoms with van der Waals surface area (Å²) in [6.07, 6.45) is 4.63. The number of likely N-dealkylation sites (tertiary alicyclic amines) is 1. The molecule has 1 aliphatic heterocycles. The number of H-pyrrole nitrogens is 1. The number of pyridine rings is 1. The fraction of sp³-hybridized carbons (Fsp3) is 0.273. The van der Waals surface area contributed by atoms with Gasteiger partial charge in [-0.2, -0.15) is 0 Å². The fourth-order valence-electron chi connectivity index (χ4n) is 3.55. The number of carbonyl (C=O) groups is 2. The van der Waals surface area contributed by atoms with Crippen molar-refractivity contribution in [2.45, 2.75) is 25.4 Å². The third-order valence-corrected chi connectivity index (χ3v) is 6.35. The van der Waals surface area contributed by atoms with Crippen LogP contribution in [0, 0.1) is 0 Å². The van der Waals surface area contributed by atoms with E-state index in [1.54, 1.807) is 36.7 Å². The van der Waals surface area contributed by atoms with Gasteiger partial charge in [0.25, 0.3) is 11.8 Å². The first-order valence-corrected chi connectivity index (χ1v) is 11.6. The van der Waals surface area contributed by atoms with E-state index in [0.29, 0.717) is 15.1 Å². The Balaban J connectivity index is 1.26. The largest absolute Gasteiger partial charge is 0.414 e. The molecule has 1 fully saturated rings. The second-order valence-electron chi connectivity index (χ2n) is 7.59. The molecule has 0 spiro atoms. The molecule has 1 saturated heterocycles. The number of piperidine rings is 1. The maximum Gasteiger partial charge on any atom is 0.414 e. The molecule has 2 amide bonds. The monoisotopic (exact) mass is 532 g/mol. The highest BCUT2D eigenvalue weighted by Gasteiger charge is 2.23. The molecule has 3 N–H and O–H groups in total. The number of rotatable bonds is 6. The third-order valence-electron chi connectivity index (χ3n) is 5.29. The van der Waals surface area contributed by atoms with Gasteiger partial charge in [-0.3, -0.25) is 19.8 Å². The van der Waals surface area contributed by atoms with Crippen molar-refractivity contribution in [3.63, 3.8) is 0 Å². The average Bonchev–Trinajstić information content (AvgIpc) is 3.15. The number of aromatic nitrogens is 3. The Morgan fingerprint density at radius 3 is 2.64 bits per heavy atom. The van der Waals surface area contributed by atoms with E-state index in [1.807, 2.05) is 12.1 Å². The lowest BCUT2D eigenvalue weighted by Gasteiger charge is -2.32. The van der Waals surface area contributed by atoms with Gasteiger partial charge in [0.15, 0.2) is 0 Å². The third kappa shape index (κ3) is 6.10. The van der Waals surface area contributed by atoms with Crippen LogP contribution in [0.15, 0.2) is 53.3 Å². The second kappa shape index (κ2) is 10.8. The highest BCUT2D eigenvalue weighted by atomic mass is 79.9. The Morgan fingerprint density at radius 2 is 1.91 bits per heavy atom. The van der Waals surface area contributed by atoms with E-state index in [-0.39, 0.29) is 17.7 Å². The van der Waals surface area contributed by atoms with Crippen molar-refractivity contribution in [1.82, 2.24) is 25.4 Å². The molecule has 33 heavy (non-hydrogen) atoms. The van der Waals surface area contributed by atoms with E-state index < -0.39 is 12.0 Å². The van der Waals surface area contributed by atoms with Gasteiger partial charge in [0, 0.05) is 38.1 Å². The number of halogens is 2. The number of nitrogens with zero attached hydrogens (tertiary/aromatic N) is 3. The van der Waals surface area contributed by atoms with Gasteiger partial charge in [0.1, 0.15) is 10.3 Å². The van der Waals surface area contributed by atoms with Gasteiger partial charge in [0.05, 0.1) is 10.6 Å². The Kier molecular flexibility index (Phi) is 7.58. The first kappa shape index (κ1) is 23.2. The molecule has 4 rings (SSSR count). The number of aromatic amines is 1. The molecule has 3 aromatic rings. The number of anilines is 1. The number of hydrogen-bond donors (Lipinski definition) is 3. The molecule has 11 heteroatoms. The zero-order valence-electron chi connectivity index (χ0n) is 17.6. The van der Waals surface area contributed by atoms with E-state index in [1.165, 1.54) is 5.56 Å². The highest BCUT2D eigenvalue weighted by Crippen LogP contribution is 2.30. The first-order chi connectivity index (χ1) is 16.0. The van der Waals surface area contributed by atoms with E-state index in [2.05, 4.69) is 46.6 Å².